The van der Waals surface area contributed by atoms with Gasteiger partial charge in [-0.25, -0.2) is 14.6 Å². The fraction of sp³-hybridized carbons (Fsp3) is 0.286. The van der Waals surface area contributed by atoms with E-state index >= 15 is 0 Å². The van der Waals surface area contributed by atoms with Gasteiger partial charge in [0.15, 0.2) is 0 Å². The fourth-order valence-electron chi connectivity index (χ4n) is 1.77. The Balaban J connectivity index is 2.05. The molecule has 6 N–H and O–H groups in total. The zero-order valence-electron chi connectivity index (χ0n) is 11.8. The van der Waals surface area contributed by atoms with Crippen LogP contribution < -0.4 is 17.3 Å². The predicted molar refractivity (Wildman–Crippen MR) is 78.0 cm³/mol. The predicted octanol–water partition coefficient (Wildman–Crippen LogP) is 0.529. The minimum Gasteiger partial charge on any atom is -0.396 e. The number of carbonyl (C=O) groups excluding carboxylic acids is 1. The molecule has 22 heavy (non-hydrogen) atoms. The van der Waals surface area contributed by atoms with Gasteiger partial charge in [-0.3, -0.25) is 14.8 Å². The van der Waals surface area contributed by atoms with Crippen LogP contribution >= 0.6 is 0 Å². The largest absolute Gasteiger partial charge is 0.396 e. The lowest BCUT2D eigenvalue weighted by Gasteiger charge is -2.16. The molecule has 1 aliphatic carbocycles. The monoisotopic (exact) mass is 309 g/mol. The first-order chi connectivity index (χ1) is 10.4. The molecule has 0 heterocycles. The number of halogens is 2. The SMILES string of the molecule is N/C(C=NCc1c(F)cccc1F)=C(/N)C(=O)N(N)C1CC1. The summed E-state index contributed by atoms with van der Waals surface area (Å²) in [6, 6.07) is 3.51. The summed E-state index contributed by atoms with van der Waals surface area (Å²) in [4.78, 5) is 15.7. The number of rotatable bonds is 5. The summed E-state index contributed by atoms with van der Waals surface area (Å²) in [5.41, 5.74) is 10.7. The fourth-order valence-corrected chi connectivity index (χ4v) is 1.77. The zero-order chi connectivity index (χ0) is 16.3. The van der Waals surface area contributed by atoms with Gasteiger partial charge < -0.3 is 11.5 Å². The number of hydrazine groups is 1. The third kappa shape index (κ3) is 3.59. The lowest BCUT2D eigenvalue weighted by molar-refractivity contribution is -0.128. The number of nitrogens with zero attached hydrogens (tertiary/aromatic N) is 2. The molecular weight excluding hydrogens is 292 g/mol. The van der Waals surface area contributed by atoms with E-state index in [-0.39, 0.29) is 29.5 Å². The van der Waals surface area contributed by atoms with Crippen molar-refractivity contribution in [2.45, 2.75) is 25.4 Å². The smallest absolute Gasteiger partial charge is 0.286 e. The molecule has 0 bridgehead atoms. The van der Waals surface area contributed by atoms with Gasteiger partial charge in [0.05, 0.1) is 12.2 Å². The number of amides is 1. The van der Waals surface area contributed by atoms with Gasteiger partial charge in [0.2, 0.25) is 0 Å². The van der Waals surface area contributed by atoms with Crippen LogP contribution in [0.25, 0.3) is 0 Å². The Kier molecular flexibility index (Phi) is 4.71. The van der Waals surface area contributed by atoms with E-state index in [1.54, 1.807) is 0 Å². The van der Waals surface area contributed by atoms with Crippen molar-refractivity contribution in [2.24, 2.45) is 22.3 Å². The van der Waals surface area contributed by atoms with Gasteiger partial charge in [-0.1, -0.05) is 6.07 Å². The first kappa shape index (κ1) is 15.9. The van der Waals surface area contributed by atoms with Crippen molar-refractivity contribution in [3.05, 3.63) is 46.8 Å². The van der Waals surface area contributed by atoms with Gasteiger partial charge in [-0.15, -0.1) is 0 Å². The quantitative estimate of drug-likeness (QED) is 0.242. The standard InChI is InChI=1S/C14H17F2N5O/c15-10-2-1-3-11(16)9(10)6-20-7-12(17)13(18)14(22)21(19)8-4-5-8/h1-3,7-8H,4-6,17-19H2/b13-12+,20-7?. The summed E-state index contributed by atoms with van der Waals surface area (Å²) < 4.78 is 26.8. The lowest BCUT2D eigenvalue weighted by Crippen LogP contribution is -2.42. The zero-order valence-corrected chi connectivity index (χ0v) is 11.8. The molecule has 0 unspecified atom stereocenters. The maximum absolute atomic E-state index is 13.4. The second kappa shape index (κ2) is 6.52. The topological polar surface area (TPSA) is 111 Å². The summed E-state index contributed by atoms with van der Waals surface area (Å²) >= 11 is 0. The van der Waals surface area contributed by atoms with E-state index < -0.39 is 17.5 Å². The number of benzene rings is 1. The molecule has 0 spiro atoms. The molecule has 8 heteroatoms. The van der Waals surface area contributed by atoms with E-state index in [9.17, 15) is 13.6 Å². The highest BCUT2D eigenvalue weighted by atomic mass is 19.1. The van der Waals surface area contributed by atoms with E-state index in [1.165, 1.54) is 6.07 Å². The molecule has 0 atom stereocenters. The van der Waals surface area contributed by atoms with Crippen LogP contribution in [0.1, 0.15) is 18.4 Å². The van der Waals surface area contributed by atoms with Crippen LogP contribution in [0.4, 0.5) is 8.78 Å². The van der Waals surface area contributed by atoms with Gasteiger partial charge in [-0.05, 0) is 25.0 Å². The average Bonchev–Trinajstić information content (AvgIpc) is 3.32. The Labute approximate surface area is 126 Å². The summed E-state index contributed by atoms with van der Waals surface area (Å²) in [6.07, 6.45) is 2.76. The molecule has 1 amide bonds. The molecule has 1 fully saturated rings. The summed E-state index contributed by atoms with van der Waals surface area (Å²) in [6.45, 7) is -0.254. The van der Waals surface area contributed by atoms with Crippen LogP contribution in [0, 0.1) is 11.6 Å². The molecular formula is C14H17F2N5O. The number of nitrogens with two attached hydrogens (primary N) is 3. The van der Waals surface area contributed by atoms with Gasteiger partial charge in [-0.2, -0.15) is 0 Å². The molecule has 0 aliphatic heterocycles. The second-order valence-corrected chi connectivity index (χ2v) is 4.98. The third-order valence-electron chi connectivity index (χ3n) is 3.26. The molecule has 1 aromatic carbocycles. The highest BCUT2D eigenvalue weighted by molar-refractivity contribution is 5.98. The lowest BCUT2D eigenvalue weighted by atomic mass is 10.2. The van der Waals surface area contributed by atoms with E-state index in [2.05, 4.69) is 4.99 Å². The first-order valence-corrected chi connectivity index (χ1v) is 6.68. The molecule has 6 nitrogen and oxygen atoms in total. The Hall–Kier alpha value is -2.48. The first-order valence-electron chi connectivity index (χ1n) is 6.68. The molecule has 118 valence electrons. The minimum atomic E-state index is -0.703. The molecule has 0 aromatic heterocycles. The molecule has 0 saturated heterocycles. The van der Waals surface area contributed by atoms with Crippen molar-refractivity contribution < 1.29 is 13.6 Å². The number of hydrogen-bond acceptors (Lipinski definition) is 5. The molecule has 1 saturated carbocycles. The van der Waals surface area contributed by atoms with Crippen molar-refractivity contribution in [1.82, 2.24) is 5.01 Å². The highest BCUT2D eigenvalue weighted by Gasteiger charge is 2.31. The highest BCUT2D eigenvalue weighted by Crippen LogP contribution is 2.24. The van der Waals surface area contributed by atoms with Crippen LogP contribution in [0.15, 0.2) is 34.6 Å². The number of hydrogen-bond donors (Lipinski definition) is 3. The van der Waals surface area contributed by atoms with Crippen molar-refractivity contribution in [3.63, 3.8) is 0 Å². The van der Waals surface area contributed by atoms with Crippen molar-refractivity contribution in [2.75, 3.05) is 0 Å². The van der Waals surface area contributed by atoms with Crippen molar-refractivity contribution in [3.8, 4) is 0 Å². The van der Waals surface area contributed by atoms with E-state index in [4.69, 9.17) is 17.3 Å². The van der Waals surface area contributed by atoms with Gasteiger partial charge in [0.1, 0.15) is 17.3 Å². The van der Waals surface area contributed by atoms with Gasteiger partial charge in [0, 0.05) is 17.8 Å². The van der Waals surface area contributed by atoms with Crippen molar-refractivity contribution >= 4 is 12.1 Å². The number of aliphatic imine (C=N–C) groups is 1. The van der Waals surface area contributed by atoms with E-state index in [0.29, 0.717) is 0 Å². The minimum absolute atomic E-state index is 0.0108. The van der Waals surface area contributed by atoms with Gasteiger partial charge >= 0.3 is 0 Å². The van der Waals surface area contributed by atoms with Crippen LogP contribution in [0.3, 0.4) is 0 Å². The Morgan fingerprint density at radius 2 is 1.91 bits per heavy atom. The van der Waals surface area contributed by atoms with E-state index in [0.717, 1.165) is 36.2 Å². The third-order valence-corrected chi connectivity index (χ3v) is 3.26. The maximum atomic E-state index is 13.4. The maximum Gasteiger partial charge on any atom is 0.286 e. The van der Waals surface area contributed by atoms with Crippen LogP contribution in [-0.4, -0.2) is 23.2 Å². The van der Waals surface area contributed by atoms with Crippen LogP contribution in [0.2, 0.25) is 0 Å². The van der Waals surface area contributed by atoms with Gasteiger partial charge in [0.25, 0.3) is 5.91 Å². The number of allylic oxidation sites excluding steroid dienone is 1. The molecule has 2 rings (SSSR count). The summed E-state index contributed by atoms with van der Waals surface area (Å²) in [5, 5.41) is 1.03. The number of carbonyl (C=O) groups is 1. The Morgan fingerprint density at radius 3 is 2.45 bits per heavy atom. The molecule has 0 radical (unpaired) electrons. The van der Waals surface area contributed by atoms with Crippen LogP contribution in [0.5, 0.6) is 0 Å². The van der Waals surface area contributed by atoms with E-state index in [1.807, 2.05) is 0 Å². The summed E-state index contributed by atoms with van der Waals surface area (Å²) in [5.74, 6) is 3.59. The Bertz CT molecular complexity index is 620. The van der Waals surface area contributed by atoms with Crippen molar-refractivity contribution in [1.29, 1.82) is 0 Å². The molecule has 1 aromatic rings. The normalized spacial score (nSPS) is 15.8. The Morgan fingerprint density at radius 1 is 1.32 bits per heavy atom. The summed E-state index contributed by atoms with van der Waals surface area (Å²) in [7, 11) is 0. The van der Waals surface area contributed by atoms with Crippen LogP contribution in [-0.2, 0) is 11.3 Å². The molecule has 1 aliphatic rings. The average molecular weight is 309 g/mol. The second-order valence-electron chi connectivity index (χ2n) is 4.98.